The summed E-state index contributed by atoms with van der Waals surface area (Å²) in [6.45, 7) is 3.93. The number of carbonyl (C=O) groups is 1. The van der Waals surface area contributed by atoms with E-state index in [4.69, 9.17) is 10.8 Å². The highest BCUT2D eigenvalue weighted by Crippen LogP contribution is 2.31. The molecular weight excluding hydrogens is 380 g/mol. The number of para-hydroxylation sites is 1. The third kappa shape index (κ3) is 2.58. The summed E-state index contributed by atoms with van der Waals surface area (Å²) in [4.78, 5) is 21.0. The summed E-state index contributed by atoms with van der Waals surface area (Å²) in [5.41, 5.74) is 8.90. The Morgan fingerprint density at radius 1 is 1.17 bits per heavy atom. The highest BCUT2D eigenvalue weighted by molar-refractivity contribution is 5.99. The number of benzene rings is 2. The van der Waals surface area contributed by atoms with E-state index >= 15 is 0 Å². The van der Waals surface area contributed by atoms with Crippen molar-refractivity contribution in [2.45, 2.75) is 0 Å². The third-order valence-electron chi connectivity index (χ3n) is 5.14. The molecule has 0 unspecified atom stereocenters. The van der Waals surface area contributed by atoms with Gasteiger partial charge in [-0.3, -0.25) is 0 Å². The highest BCUT2D eigenvalue weighted by Gasteiger charge is 2.29. The van der Waals surface area contributed by atoms with Gasteiger partial charge in [0.15, 0.2) is 12.2 Å². The molecule has 1 aliphatic heterocycles. The van der Waals surface area contributed by atoms with Crippen LogP contribution in [0.2, 0.25) is 0 Å². The van der Waals surface area contributed by atoms with Gasteiger partial charge in [-0.15, -0.1) is 0 Å². The van der Waals surface area contributed by atoms with Gasteiger partial charge in [0.25, 0.3) is 0 Å². The fraction of sp³-hybridized carbons (Fsp3) is 0.0455. The molecule has 8 heteroatoms. The minimum atomic E-state index is -0.193. The smallest absolute Gasteiger partial charge is 0.412 e. The summed E-state index contributed by atoms with van der Waals surface area (Å²) in [6.07, 6.45) is 2.69. The van der Waals surface area contributed by atoms with Gasteiger partial charge in [-0.2, -0.15) is 9.67 Å². The molecule has 4 aromatic rings. The quantitative estimate of drug-likeness (QED) is 0.388. The van der Waals surface area contributed by atoms with Crippen LogP contribution in [0.4, 0.5) is 5.82 Å². The number of phenolic OH excluding ortho intramolecular Hbond substituents is 1. The minimum Gasteiger partial charge on any atom is -0.508 e. The summed E-state index contributed by atoms with van der Waals surface area (Å²) in [6, 6.07) is 14.3. The van der Waals surface area contributed by atoms with Crippen molar-refractivity contribution in [3.05, 3.63) is 78.1 Å². The van der Waals surface area contributed by atoms with Crippen LogP contribution >= 0.6 is 0 Å². The lowest BCUT2D eigenvalue weighted by Crippen LogP contribution is -2.36. The fourth-order valence-corrected chi connectivity index (χ4v) is 3.75. The van der Waals surface area contributed by atoms with Crippen molar-refractivity contribution in [3.8, 4) is 17.0 Å². The maximum Gasteiger partial charge on any atom is 0.412 e. The lowest BCUT2D eigenvalue weighted by molar-refractivity contribution is -0.117. The maximum atomic E-state index is 12.4. The zero-order chi connectivity index (χ0) is 20.8. The Labute approximate surface area is 170 Å². The van der Waals surface area contributed by atoms with E-state index in [1.54, 1.807) is 33.5 Å². The van der Waals surface area contributed by atoms with E-state index in [9.17, 15) is 9.90 Å². The Hall–Kier alpha value is -4.33. The fourth-order valence-electron chi connectivity index (χ4n) is 3.75. The first-order valence-electron chi connectivity index (χ1n) is 9.26. The zero-order valence-electron chi connectivity index (χ0n) is 15.9. The number of nitrogens with two attached hydrogens (primary N) is 1. The normalized spacial score (nSPS) is 12.9. The molecule has 5 rings (SSSR count). The third-order valence-corrected chi connectivity index (χ3v) is 5.14. The van der Waals surface area contributed by atoms with E-state index in [1.807, 2.05) is 24.3 Å². The van der Waals surface area contributed by atoms with Gasteiger partial charge in [0.2, 0.25) is 5.36 Å². The van der Waals surface area contributed by atoms with Crippen LogP contribution < -0.4 is 20.9 Å². The molecule has 3 N–H and O–H groups in total. The number of aromatic hydroxyl groups is 1. The first-order chi connectivity index (χ1) is 14.6. The van der Waals surface area contributed by atoms with Crippen LogP contribution in [-0.4, -0.2) is 37.3 Å². The summed E-state index contributed by atoms with van der Waals surface area (Å²) in [5.74, 6) is 0.270. The molecule has 0 atom stereocenters. The molecule has 0 saturated heterocycles. The lowest BCUT2D eigenvalue weighted by Gasteiger charge is -2.02. The second kappa shape index (κ2) is 6.63. The van der Waals surface area contributed by atoms with E-state index in [1.165, 1.54) is 12.4 Å². The van der Waals surface area contributed by atoms with Crippen molar-refractivity contribution in [2.24, 2.45) is 0 Å². The Morgan fingerprint density at radius 2 is 1.93 bits per heavy atom. The number of fused-ring (bicyclic) bond motifs is 2. The number of hydrogen-bond acceptors (Lipinski definition) is 6. The van der Waals surface area contributed by atoms with Crippen LogP contribution in [0.15, 0.2) is 67.5 Å². The predicted molar refractivity (Wildman–Crippen MR) is 113 cm³/mol. The molecule has 8 nitrogen and oxygen atoms in total. The second-order valence-electron chi connectivity index (χ2n) is 6.86. The van der Waals surface area contributed by atoms with Gasteiger partial charge in [0.1, 0.15) is 29.3 Å². The number of aromatic nitrogens is 4. The number of nitrogen functional groups attached to an aromatic ring is 1. The first-order valence-corrected chi connectivity index (χ1v) is 9.26. The molecule has 1 aliphatic rings. The molecule has 0 radical (unpaired) electrons. The molecule has 1 amide bonds. The molecule has 146 valence electrons. The van der Waals surface area contributed by atoms with E-state index in [2.05, 4.69) is 16.5 Å². The zero-order valence-corrected chi connectivity index (χ0v) is 15.9. The summed E-state index contributed by atoms with van der Waals surface area (Å²) < 4.78 is 3.36. The SMILES string of the molecule is C=CC(=O)[N+]1=c2ccccc2=C(n2nc(-c3ccc(O)cc3)c3c(N)ncnc32)C1. The van der Waals surface area contributed by atoms with Crippen molar-refractivity contribution in [2.75, 3.05) is 12.3 Å². The van der Waals surface area contributed by atoms with Gasteiger partial charge < -0.3 is 10.8 Å². The van der Waals surface area contributed by atoms with Gasteiger partial charge in [-0.05, 0) is 30.3 Å². The van der Waals surface area contributed by atoms with Gasteiger partial charge in [-0.25, -0.2) is 19.4 Å². The molecule has 3 heterocycles. The van der Waals surface area contributed by atoms with E-state index in [-0.39, 0.29) is 11.7 Å². The highest BCUT2D eigenvalue weighted by atomic mass is 16.3. The van der Waals surface area contributed by atoms with Crippen LogP contribution in [0.25, 0.3) is 28.0 Å². The van der Waals surface area contributed by atoms with Crippen molar-refractivity contribution in [3.63, 3.8) is 0 Å². The van der Waals surface area contributed by atoms with Gasteiger partial charge in [0, 0.05) is 17.7 Å². The molecular formula is C22H17N6O2+. The van der Waals surface area contributed by atoms with E-state index in [0.717, 1.165) is 21.8 Å². The van der Waals surface area contributed by atoms with Gasteiger partial charge >= 0.3 is 5.91 Å². The Kier molecular flexibility index (Phi) is 3.92. The largest absolute Gasteiger partial charge is 0.508 e. The van der Waals surface area contributed by atoms with Gasteiger partial charge in [0.05, 0.1) is 10.6 Å². The number of amides is 1. The molecule has 0 aliphatic carbocycles. The average Bonchev–Trinajstić information content (AvgIpc) is 3.33. The average molecular weight is 397 g/mol. The second-order valence-corrected chi connectivity index (χ2v) is 6.86. The van der Waals surface area contributed by atoms with Crippen LogP contribution in [0.1, 0.15) is 0 Å². The molecule has 0 spiro atoms. The summed E-state index contributed by atoms with van der Waals surface area (Å²) in [7, 11) is 0. The van der Waals surface area contributed by atoms with E-state index < -0.39 is 0 Å². The van der Waals surface area contributed by atoms with Crippen molar-refractivity contribution in [1.82, 2.24) is 24.3 Å². The summed E-state index contributed by atoms with van der Waals surface area (Å²) >= 11 is 0. The molecule has 0 fully saturated rings. The predicted octanol–water partition coefficient (Wildman–Crippen LogP) is 0.655. The molecule has 0 saturated carbocycles. The lowest BCUT2D eigenvalue weighted by atomic mass is 10.1. The van der Waals surface area contributed by atoms with Crippen LogP contribution in [-0.2, 0) is 4.79 Å². The van der Waals surface area contributed by atoms with Gasteiger partial charge in [-0.1, -0.05) is 18.7 Å². The van der Waals surface area contributed by atoms with Crippen LogP contribution in [0.5, 0.6) is 5.75 Å². The standard InChI is InChI=1S/C22H16N6O2/c1-2-18(30)27-11-17(15-5-3-4-6-16(15)27)28-22-19(21(23)24-12-25-22)20(26-28)13-7-9-14(29)10-8-13/h2-10,12H,1,11H2,(H2-,23,24,25,26,29)/p+1. The number of nitrogens with zero attached hydrogens (tertiary/aromatic N) is 5. The number of anilines is 1. The van der Waals surface area contributed by atoms with Crippen molar-refractivity contribution < 1.29 is 9.90 Å². The maximum absolute atomic E-state index is 12.4. The van der Waals surface area contributed by atoms with Crippen molar-refractivity contribution >= 4 is 28.5 Å². The topological polar surface area (TPSA) is 110 Å². The Morgan fingerprint density at radius 3 is 2.70 bits per heavy atom. The molecule has 30 heavy (non-hydrogen) atoms. The number of carbonyl (C=O) groups excluding carboxylic acids is 1. The van der Waals surface area contributed by atoms with E-state index in [0.29, 0.717) is 29.1 Å². The number of hydrogen-bond donors (Lipinski definition) is 2. The Balaban J connectivity index is 1.84. The number of phenols is 1. The summed E-state index contributed by atoms with van der Waals surface area (Å²) in [5, 5.41) is 16.7. The molecule has 2 aromatic carbocycles. The molecule has 2 aromatic heterocycles. The van der Waals surface area contributed by atoms with Crippen LogP contribution in [0.3, 0.4) is 0 Å². The Bertz CT molecular complexity index is 1470. The monoisotopic (exact) mass is 397 g/mol. The van der Waals surface area contributed by atoms with Crippen molar-refractivity contribution in [1.29, 1.82) is 0 Å². The number of rotatable bonds is 3. The van der Waals surface area contributed by atoms with Crippen LogP contribution in [0, 0.1) is 0 Å². The molecule has 0 bridgehead atoms. The minimum absolute atomic E-state index is 0.157. The first kappa shape index (κ1) is 17.7.